The minimum Gasteiger partial charge on any atom is -0.330 e. The van der Waals surface area contributed by atoms with Gasteiger partial charge in [-0.1, -0.05) is 0 Å². The van der Waals surface area contributed by atoms with Crippen LogP contribution in [0.5, 0.6) is 0 Å². The lowest BCUT2D eigenvalue weighted by Crippen LogP contribution is -2.07. The summed E-state index contributed by atoms with van der Waals surface area (Å²) in [6.45, 7) is 3.06. The van der Waals surface area contributed by atoms with Crippen molar-refractivity contribution in [2.45, 2.75) is 18.8 Å². The quantitative estimate of drug-likeness (QED) is 0.798. The van der Waals surface area contributed by atoms with Crippen LogP contribution in [0.2, 0.25) is 0 Å². The Morgan fingerprint density at radius 3 is 3.14 bits per heavy atom. The van der Waals surface area contributed by atoms with Gasteiger partial charge in [0.25, 0.3) is 0 Å². The minimum atomic E-state index is 0.790. The Morgan fingerprint density at radius 1 is 1.57 bits per heavy atom. The highest BCUT2D eigenvalue weighted by molar-refractivity contribution is 7.98. The van der Waals surface area contributed by atoms with E-state index in [0.29, 0.717) is 0 Å². The molecule has 0 saturated heterocycles. The van der Waals surface area contributed by atoms with Crippen LogP contribution in [-0.4, -0.2) is 24.2 Å². The van der Waals surface area contributed by atoms with Crippen LogP contribution in [0.3, 0.4) is 0 Å². The largest absolute Gasteiger partial charge is 0.330 e. The zero-order chi connectivity index (χ0) is 9.97. The molecule has 0 spiro atoms. The van der Waals surface area contributed by atoms with Crippen molar-refractivity contribution in [1.82, 2.24) is 4.90 Å². The summed E-state index contributed by atoms with van der Waals surface area (Å²) in [5, 5.41) is 0. The molecule has 0 saturated carbocycles. The van der Waals surface area contributed by atoms with E-state index in [9.17, 15) is 0 Å². The molecule has 0 atom stereocenters. The Kier molecular flexibility index (Phi) is 3.49. The van der Waals surface area contributed by atoms with Crippen molar-refractivity contribution in [2.75, 3.05) is 19.3 Å². The van der Waals surface area contributed by atoms with E-state index in [4.69, 9.17) is 5.73 Å². The van der Waals surface area contributed by atoms with Crippen LogP contribution in [-0.2, 0) is 18.8 Å². The topological polar surface area (TPSA) is 29.3 Å². The van der Waals surface area contributed by atoms with Crippen molar-refractivity contribution in [3.63, 3.8) is 0 Å². The van der Waals surface area contributed by atoms with E-state index >= 15 is 0 Å². The monoisotopic (exact) mass is 228 g/mol. The lowest BCUT2D eigenvalue weighted by atomic mass is 10.3. The first-order valence-corrected chi connectivity index (χ1v) is 6.83. The Labute approximate surface area is 93.5 Å². The van der Waals surface area contributed by atoms with Gasteiger partial charge in [-0.05, 0) is 18.7 Å². The van der Waals surface area contributed by atoms with E-state index in [2.05, 4.69) is 18.0 Å². The second kappa shape index (κ2) is 4.66. The predicted octanol–water partition coefficient (Wildman–Crippen LogP) is 1.89. The molecule has 4 heteroatoms. The summed E-state index contributed by atoms with van der Waals surface area (Å²) in [7, 11) is 2.18. The van der Waals surface area contributed by atoms with E-state index in [1.54, 1.807) is 10.4 Å². The minimum absolute atomic E-state index is 0.790. The van der Waals surface area contributed by atoms with E-state index in [0.717, 1.165) is 31.1 Å². The van der Waals surface area contributed by atoms with E-state index < -0.39 is 0 Å². The zero-order valence-electron chi connectivity index (χ0n) is 8.45. The van der Waals surface area contributed by atoms with Crippen LogP contribution in [0.25, 0.3) is 0 Å². The molecule has 2 rings (SSSR count). The van der Waals surface area contributed by atoms with Crippen molar-refractivity contribution in [3.8, 4) is 0 Å². The van der Waals surface area contributed by atoms with Crippen molar-refractivity contribution in [2.24, 2.45) is 5.73 Å². The fourth-order valence-corrected chi connectivity index (χ4v) is 3.85. The van der Waals surface area contributed by atoms with Gasteiger partial charge in [0.15, 0.2) is 0 Å². The van der Waals surface area contributed by atoms with Crippen LogP contribution in [0.4, 0.5) is 0 Å². The maximum absolute atomic E-state index is 5.46. The van der Waals surface area contributed by atoms with Gasteiger partial charge < -0.3 is 5.73 Å². The molecule has 0 fully saturated rings. The summed E-state index contributed by atoms with van der Waals surface area (Å²) >= 11 is 3.91. The first-order chi connectivity index (χ1) is 6.79. The molecule has 1 aromatic rings. The fourth-order valence-electron chi connectivity index (χ4n) is 1.71. The Bertz CT molecular complexity index is 286. The zero-order valence-corrected chi connectivity index (χ0v) is 10.1. The third-order valence-corrected chi connectivity index (χ3v) is 4.69. The fraction of sp³-hybridized carbons (Fsp3) is 0.600. The molecule has 2 N–H and O–H groups in total. The first-order valence-electron chi connectivity index (χ1n) is 4.86. The van der Waals surface area contributed by atoms with E-state index in [1.807, 2.05) is 23.1 Å². The average molecular weight is 228 g/mol. The van der Waals surface area contributed by atoms with Crippen molar-refractivity contribution in [1.29, 1.82) is 0 Å². The highest BCUT2D eigenvalue weighted by Gasteiger charge is 2.18. The van der Waals surface area contributed by atoms with Crippen LogP contribution in [0.1, 0.15) is 15.3 Å². The smallest absolute Gasteiger partial charge is 0.0331 e. The summed E-state index contributed by atoms with van der Waals surface area (Å²) in [6.07, 6.45) is 0. The number of hydrogen-bond donors (Lipinski definition) is 1. The molecular weight excluding hydrogens is 212 g/mol. The van der Waals surface area contributed by atoms with Gasteiger partial charge >= 0.3 is 0 Å². The Balaban J connectivity index is 1.92. The molecule has 14 heavy (non-hydrogen) atoms. The summed E-state index contributed by atoms with van der Waals surface area (Å²) < 4.78 is 0. The molecule has 0 unspecified atom stereocenters. The molecule has 0 aromatic carbocycles. The van der Waals surface area contributed by atoms with E-state index in [1.165, 1.54) is 4.88 Å². The third kappa shape index (κ3) is 2.31. The van der Waals surface area contributed by atoms with Gasteiger partial charge in [-0.3, -0.25) is 4.90 Å². The lowest BCUT2D eigenvalue weighted by Gasteiger charge is -2.04. The summed E-state index contributed by atoms with van der Waals surface area (Å²) in [5.74, 6) is 2.21. The third-order valence-electron chi connectivity index (χ3n) is 2.31. The van der Waals surface area contributed by atoms with Gasteiger partial charge in [0.2, 0.25) is 0 Å². The normalized spacial score (nSPS) is 16.1. The molecule has 2 heterocycles. The molecule has 1 aliphatic heterocycles. The molecule has 1 aromatic heterocycles. The highest BCUT2D eigenvalue weighted by atomic mass is 32.2. The van der Waals surface area contributed by atoms with Crippen LogP contribution in [0.15, 0.2) is 6.07 Å². The van der Waals surface area contributed by atoms with Gasteiger partial charge in [0, 0.05) is 40.9 Å². The average Bonchev–Trinajstić information content (AvgIpc) is 2.61. The first kappa shape index (κ1) is 10.5. The van der Waals surface area contributed by atoms with Gasteiger partial charge in [0.1, 0.15) is 0 Å². The number of thiophene rings is 1. The number of thioether (sulfide) groups is 1. The van der Waals surface area contributed by atoms with Gasteiger partial charge in [0.05, 0.1) is 0 Å². The molecule has 78 valence electrons. The molecule has 0 bridgehead atoms. The molecular formula is C10H16N2S2. The summed E-state index contributed by atoms with van der Waals surface area (Å²) in [5.41, 5.74) is 7.00. The molecule has 1 aliphatic rings. The Morgan fingerprint density at radius 2 is 2.43 bits per heavy atom. The van der Waals surface area contributed by atoms with Gasteiger partial charge in [-0.15, -0.1) is 11.3 Å². The number of nitrogens with two attached hydrogens (primary N) is 1. The molecule has 0 aliphatic carbocycles. The molecule has 2 nitrogen and oxygen atoms in total. The second-order valence-electron chi connectivity index (χ2n) is 3.67. The van der Waals surface area contributed by atoms with Gasteiger partial charge in [-0.25, -0.2) is 0 Å². The molecule has 0 radical (unpaired) electrons. The molecule has 0 amide bonds. The van der Waals surface area contributed by atoms with Crippen molar-refractivity contribution < 1.29 is 0 Å². The van der Waals surface area contributed by atoms with Crippen molar-refractivity contribution >= 4 is 23.1 Å². The predicted molar refractivity (Wildman–Crippen MR) is 64.7 cm³/mol. The summed E-state index contributed by atoms with van der Waals surface area (Å²) in [6, 6.07) is 2.37. The number of rotatable bonds is 4. The van der Waals surface area contributed by atoms with Crippen molar-refractivity contribution in [3.05, 3.63) is 21.4 Å². The van der Waals surface area contributed by atoms with Crippen LogP contribution >= 0.6 is 23.1 Å². The van der Waals surface area contributed by atoms with E-state index in [-0.39, 0.29) is 0 Å². The number of hydrogen-bond acceptors (Lipinski definition) is 4. The SMILES string of the molecule is CN1Cc2cc(CSCCN)sc2C1. The lowest BCUT2D eigenvalue weighted by molar-refractivity contribution is 0.354. The maximum atomic E-state index is 5.46. The second-order valence-corrected chi connectivity index (χ2v) is 6.00. The summed E-state index contributed by atoms with van der Waals surface area (Å²) in [4.78, 5) is 5.44. The number of fused-ring (bicyclic) bond motifs is 1. The van der Waals surface area contributed by atoms with Crippen LogP contribution in [0, 0.1) is 0 Å². The standard InChI is InChI=1S/C10H16N2S2/c1-12-5-8-4-9(7-13-3-2-11)14-10(8)6-12/h4H,2-3,5-7,11H2,1H3. The Hall–Kier alpha value is -0.0300. The number of nitrogens with zero attached hydrogens (tertiary/aromatic N) is 1. The van der Waals surface area contributed by atoms with Gasteiger partial charge in [-0.2, -0.15) is 11.8 Å². The maximum Gasteiger partial charge on any atom is 0.0331 e. The van der Waals surface area contributed by atoms with Crippen LogP contribution < -0.4 is 5.73 Å². The highest BCUT2D eigenvalue weighted by Crippen LogP contribution is 2.31.